The minimum atomic E-state index is -0.689. The molecule has 0 aliphatic rings. The largest absolute Gasteiger partial charge is 0.481 e. The summed E-state index contributed by atoms with van der Waals surface area (Å²) in [7, 11) is 4.35. The fraction of sp³-hybridized carbons (Fsp3) is 0.917. The summed E-state index contributed by atoms with van der Waals surface area (Å²) in [6, 6.07) is 0. The van der Waals surface area contributed by atoms with E-state index in [2.05, 4.69) is 34.9 Å². The van der Waals surface area contributed by atoms with Crippen LogP contribution in [-0.4, -0.2) is 42.7 Å². The van der Waals surface area contributed by atoms with E-state index in [1.54, 1.807) is 0 Å². The molecule has 0 bridgehead atoms. The predicted octanol–water partition coefficient (Wildman–Crippen LogP) is 2.36. The molecule has 3 nitrogen and oxygen atoms in total. The molecule has 90 valence electrons. The molecular weight excluding hydrogens is 190 g/mol. The monoisotopic (exact) mass is 216 g/mol. The van der Waals surface area contributed by atoms with Crippen LogP contribution in [0.2, 0.25) is 0 Å². The highest BCUT2D eigenvalue weighted by Crippen LogP contribution is 2.20. The Labute approximate surface area is 93.7 Å². The summed E-state index contributed by atoms with van der Waals surface area (Å²) in [4.78, 5) is 10.4. The lowest BCUT2D eigenvalue weighted by atomic mass is 9.92. The molecule has 3 heteroatoms. The van der Waals surface area contributed by atoms with Crippen LogP contribution in [0.3, 0.4) is 0 Å². The van der Waals surface area contributed by atoms with Crippen LogP contribution in [0.4, 0.5) is 0 Å². The highest BCUT2D eigenvalue weighted by molar-refractivity contribution is 5.66. The van der Waals surface area contributed by atoms with Gasteiger partial charge in [-0.2, -0.15) is 0 Å². The Hall–Kier alpha value is -0.570. The van der Waals surface area contributed by atoms with E-state index in [1.807, 2.05) is 0 Å². The van der Waals surface area contributed by atoms with Gasteiger partial charge in [-0.15, -0.1) is 0 Å². The lowest BCUT2D eigenvalue weighted by Crippen LogP contribution is -2.42. The van der Waals surface area contributed by atoms with Crippen LogP contribution in [0.1, 0.15) is 40.0 Å². The zero-order valence-corrected chi connectivity index (χ0v) is 10.8. The van der Waals surface area contributed by atoms with Crippen molar-refractivity contribution in [2.75, 3.05) is 27.2 Å². The van der Waals surface area contributed by atoms with Crippen molar-refractivity contribution in [1.29, 1.82) is 0 Å². The van der Waals surface area contributed by atoms with E-state index in [0.29, 0.717) is 5.41 Å². The van der Waals surface area contributed by atoms with Gasteiger partial charge in [-0.25, -0.2) is 0 Å². The lowest BCUT2D eigenvalue weighted by Gasteiger charge is -2.32. The van der Waals surface area contributed by atoms with Gasteiger partial charge >= 0.3 is 5.97 Å². The second kappa shape index (κ2) is 5.50. The standard InChI is InChI=1S/C12H25NO2/c1-12(2,3)8-10-13(4,5)9-6-7-11(14)15/h6-10H2,1-5H3/p+1. The van der Waals surface area contributed by atoms with Gasteiger partial charge in [-0.3, -0.25) is 4.79 Å². The molecule has 0 atom stereocenters. The Morgan fingerprint density at radius 1 is 1.20 bits per heavy atom. The Morgan fingerprint density at radius 3 is 2.13 bits per heavy atom. The quantitative estimate of drug-likeness (QED) is 0.692. The first-order valence-corrected chi connectivity index (χ1v) is 5.66. The molecule has 0 rings (SSSR count). The third-order valence-corrected chi connectivity index (χ3v) is 2.62. The Balaban J connectivity index is 3.81. The van der Waals surface area contributed by atoms with E-state index in [1.165, 1.54) is 6.42 Å². The lowest BCUT2D eigenvalue weighted by molar-refractivity contribution is -0.891. The molecule has 0 aromatic carbocycles. The van der Waals surface area contributed by atoms with Crippen molar-refractivity contribution in [3.05, 3.63) is 0 Å². The molecular formula is C12H26NO2+. The van der Waals surface area contributed by atoms with Gasteiger partial charge in [0.2, 0.25) is 0 Å². The zero-order valence-electron chi connectivity index (χ0n) is 10.8. The first kappa shape index (κ1) is 14.4. The molecule has 0 saturated heterocycles. The third kappa shape index (κ3) is 9.73. The molecule has 0 heterocycles. The summed E-state index contributed by atoms with van der Waals surface area (Å²) < 4.78 is 0.921. The van der Waals surface area contributed by atoms with Crippen LogP contribution in [0.15, 0.2) is 0 Å². The second-order valence-electron chi connectivity index (χ2n) is 6.19. The minimum Gasteiger partial charge on any atom is -0.481 e. The van der Waals surface area contributed by atoms with Gasteiger partial charge in [0, 0.05) is 12.8 Å². The molecule has 0 fully saturated rings. The molecule has 0 unspecified atom stereocenters. The molecule has 0 aromatic rings. The summed E-state index contributed by atoms with van der Waals surface area (Å²) in [5.41, 5.74) is 0.363. The van der Waals surface area contributed by atoms with E-state index in [4.69, 9.17) is 5.11 Å². The average Bonchev–Trinajstić information content (AvgIpc) is 1.99. The summed E-state index contributed by atoms with van der Waals surface area (Å²) in [5, 5.41) is 8.56. The van der Waals surface area contributed by atoms with Gasteiger partial charge < -0.3 is 9.59 Å². The highest BCUT2D eigenvalue weighted by Gasteiger charge is 2.19. The molecule has 0 aromatic heterocycles. The number of carbonyl (C=O) groups is 1. The summed E-state index contributed by atoms with van der Waals surface area (Å²) in [6.45, 7) is 8.78. The number of hydrogen-bond acceptors (Lipinski definition) is 1. The maximum absolute atomic E-state index is 10.4. The first-order valence-electron chi connectivity index (χ1n) is 5.66. The van der Waals surface area contributed by atoms with Gasteiger partial charge in [0.25, 0.3) is 0 Å². The van der Waals surface area contributed by atoms with Crippen LogP contribution < -0.4 is 0 Å². The SMILES string of the molecule is CC(C)(C)CC[N+](C)(C)CCCC(=O)O. The van der Waals surface area contributed by atoms with E-state index in [0.717, 1.165) is 24.0 Å². The number of quaternary nitrogens is 1. The molecule has 0 saturated carbocycles. The topological polar surface area (TPSA) is 37.3 Å². The van der Waals surface area contributed by atoms with Crippen molar-refractivity contribution in [1.82, 2.24) is 0 Å². The van der Waals surface area contributed by atoms with Crippen LogP contribution in [0.5, 0.6) is 0 Å². The molecule has 15 heavy (non-hydrogen) atoms. The van der Waals surface area contributed by atoms with Gasteiger partial charge in [0.1, 0.15) is 0 Å². The Morgan fingerprint density at radius 2 is 1.73 bits per heavy atom. The number of carboxylic acids is 1. The average molecular weight is 216 g/mol. The Bertz CT molecular complexity index is 204. The molecule has 0 radical (unpaired) electrons. The first-order chi connectivity index (χ1) is 6.62. The smallest absolute Gasteiger partial charge is 0.303 e. The van der Waals surface area contributed by atoms with E-state index >= 15 is 0 Å². The highest BCUT2D eigenvalue weighted by atomic mass is 16.4. The second-order valence-corrected chi connectivity index (χ2v) is 6.19. The maximum atomic E-state index is 10.4. The normalized spacial score (nSPS) is 12.9. The minimum absolute atomic E-state index is 0.289. The van der Waals surface area contributed by atoms with Gasteiger partial charge in [0.15, 0.2) is 0 Å². The van der Waals surface area contributed by atoms with Crippen molar-refractivity contribution in [2.45, 2.75) is 40.0 Å². The number of rotatable bonds is 6. The predicted molar refractivity (Wildman–Crippen MR) is 62.8 cm³/mol. The van der Waals surface area contributed by atoms with E-state index < -0.39 is 5.97 Å². The van der Waals surface area contributed by atoms with Crippen molar-refractivity contribution < 1.29 is 14.4 Å². The fourth-order valence-corrected chi connectivity index (χ4v) is 1.41. The third-order valence-electron chi connectivity index (χ3n) is 2.62. The van der Waals surface area contributed by atoms with Crippen molar-refractivity contribution >= 4 is 5.97 Å². The van der Waals surface area contributed by atoms with E-state index in [-0.39, 0.29) is 6.42 Å². The van der Waals surface area contributed by atoms with Crippen LogP contribution in [0, 0.1) is 5.41 Å². The van der Waals surface area contributed by atoms with E-state index in [9.17, 15) is 4.79 Å². The maximum Gasteiger partial charge on any atom is 0.303 e. The number of aliphatic carboxylic acids is 1. The zero-order chi connectivity index (χ0) is 12.1. The molecule has 0 aliphatic carbocycles. The number of hydrogen-bond donors (Lipinski definition) is 1. The molecule has 0 spiro atoms. The van der Waals surface area contributed by atoms with Crippen molar-refractivity contribution in [2.24, 2.45) is 5.41 Å². The summed E-state index contributed by atoms with van der Waals surface area (Å²) in [5.74, 6) is -0.689. The number of nitrogens with zero attached hydrogens (tertiary/aromatic N) is 1. The molecule has 0 amide bonds. The van der Waals surface area contributed by atoms with Gasteiger partial charge in [0.05, 0.1) is 33.6 Å². The molecule has 0 aliphatic heterocycles. The molecule has 1 N–H and O–H groups in total. The number of carboxylic acid groups (broad SMARTS) is 1. The van der Waals surface area contributed by atoms with Crippen LogP contribution in [0.25, 0.3) is 0 Å². The van der Waals surface area contributed by atoms with Crippen LogP contribution >= 0.6 is 0 Å². The van der Waals surface area contributed by atoms with Gasteiger partial charge in [-0.05, 0) is 5.41 Å². The van der Waals surface area contributed by atoms with Gasteiger partial charge in [-0.1, -0.05) is 20.8 Å². The van der Waals surface area contributed by atoms with Crippen molar-refractivity contribution in [3.8, 4) is 0 Å². The van der Waals surface area contributed by atoms with Crippen LogP contribution in [-0.2, 0) is 4.79 Å². The Kier molecular flexibility index (Phi) is 5.29. The summed E-state index contributed by atoms with van der Waals surface area (Å²) >= 11 is 0. The fourth-order valence-electron chi connectivity index (χ4n) is 1.41. The summed E-state index contributed by atoms with van der Waals surface area (Å²) in [6.07, 6.45) is 2.23. The van der Waals surface area contributed by atoms with Crippen molar-refractivity contribution in [3.63, 3.8) is 0 Å².